The monoisotopic (exact) mass is 152 g/mol. The molecule has 0 aliphatic heterocycles. The molecule has 1 N–H and O–H groups in total. The van der Waals surface area contributed by atoms with Crippen molar-refractivity contribution in [1.82, 2.24) is 0 Å². The fourth-order valence-electron chi connectivity index (χ4n) is 1.34. The summed E-state index contributed by atoms with van der Waals surface area (Å²) in [6.45, 7) is 4.38. The smallest absolute Gasteiger partial charge is 0.0761 e. The van der Waals surface area contributed by atoms with Crippen LogP contribution in [0.25, 0.3) is 0 Å². The molecule has 0 aromatic carbocycles. The van der Waals surface area contributed by atoms with Crippen molar-refractivity contribution >= 4 is 0 Å². The summed E-state index contributed by atoms with van der Waals surface area (Å²) in [5, 5.41) is 9.26. The topological polar surface area (TPSA) is 20.2 Å². The van der Waals surface area contributed by atoms with Crippen LogP contribution in [-0.2, 0) is 0 Å². The van der Waals surface area contributed by atoms with Gasteiger partial charge in [-0.3, -0.25) is 0 Å². The molecule has 1 unspecified atom stereocenters. The minimum absolute atomic E-state index is 0.242. The molecule has 1 aliphatic carbocycles. The highest BCUT2D eigenvalue weighted by atomic mass is 16.3. The van der Waals surface area contributed by atoms with Gasteiger partial charge in [-0.05, 0) is 24.3 Å². The van der Waals surface area contributed by atoms with Crippen LogP contribution in [0.1, 0.15) is 26.7 Å². The number of hydrogen-bond donors (Lipinski definition) is 1. The Balaban J connectivity index is 2.50. The molecule has 0 heterocycles. The van der Waals surface area contributed by atoms with Crippen LogP contribution in [0, 0.1) is 5.92 Å². The van der Waals surface area contributed by atoms with Crippen molar-refractivity contribution in [3.8, 4) is 0 Å². The Bertz CT molecular complexity index is 177. The number of aliphatic hydroxyl groups excluding tert-OH is 1. The van der Waals surface area contributed by atoms with Crippen molar-refractivity contribution in [3.05, 3.63) is 23.8 Å². The quantitative estimate of drug-likeness (QED) is 0.643. The number of hydrogen-bond acceptors (Lipinski definition) is 1. The minimum Gasteiger partial charge on any atom is -0.389 e. The van der Waals surface area contributed by atoms with Gasteiger partial charge in [0, 0.05) is 0 Å². The SMILES string of the molecule is CC(C)CC1=CC(O)CC=C1. The maximum atomic E-state index is 9.26. The third-order valence-electron chi connectivity index (χ3n) is 1.76. The van der Waals surface area contributed by atoms with Crippen LogP contribution in [0.2, 0.25) is 0 Å². The summed E-state index contributed by atoms with van der Waals surface area (Å²) in [4.78, 5) is 0. The van der Waals surface area contributed by atoms with Gasteiger partial charge < -0.3 is 5.11 Å². The molecule has 0 radical (unpaired) electrons. The summed E-state index contributed by atoms with van der Waals surface area (Å²) in [6.07, 6.45) is 7.73. The van der Waals surface area contributed by atoms with Crippen molar-refractivity contribution in [2.24, 2.45) is 5.92 Å². The second kappa shape index (κ2) is 3.72. The highest BCUT2D eigenvalue weighted by Crippen LogP contribution is 2.17. The van der Waals surface area contributed by atoms with Crippen molar-refractivity contribution in [3.63, 3.8) is 0 Å². The Morgan fingerprint density at radius 3 is 2.91 bits per heavy atom. The molecule has 1 nitrogen and oxygen atoms in total. The molecule has 1 rings (SSSR count). The molecule has 1 heteroatoms. The normalized spacial score (nSPS) is 24.0. The first-order valence-electron chi connectivity index (χ1n) is 4.24. The molecule has 1 aliphatic rings. The molecule has 0 aromatic rings. The van der Waals surface area contributed by atoms with E-state index in [0.29, 0.717) is 5.92 Å². The Hall–Kier alpha value is -0.560. The fraction of sp³-hybridized carbons (Fsp3) is 0.600. The lowest BCUT2D eigenvalue weighted by Gasteiger charge is -2.12. The Kier molecular flexibility index (Phi) is 2.89. The van der Waals surface area contributed by atoms with Crippen molar-refractivity contribution in [2.75, 3.05) is 0 Å². The van der Waals surface area contributed by atoms with Crippen LogP contribution in [0.3, 0.4) is 0 Å². The predicted molar refractivity (Wildman–Crippen MR) is 47.3 cm³/mol. The van der Waals surface area contributed by atoms with Gasteiger partial charge in [0.1, 0.15) is 0 Å². The summed E-state index contributed by atoms with van der Waals surface area (Å²) in [5.41, 5.74) is 1.28. The van der Waals surface area contributed by atoms with E-state index in [9.17, 15) is 5.11 Å². The van der Waals surface area contributed by atoms with Gasteiger partial charge in [0.2, 0.25) is 0 Å². The molecule has 0 fully saturated rings. The third-order valence-corrected chi connectivity index (χ3v) is 1.76. The maximum Gasteiger partial charge on any atom is 0.0761 e. The molecule has 0 aromatic heterocycles. The van der Waals surface area contributed by atoms with E-state index in [1.807, 2.05) is 12.2 Å². The van der Waals surface area contributed by atoms with E-state index in [4.69, 9.17) is 0 Å². The molecular weight excluding hydrogens is 136 g/mol. The highest BCUT2D eigenvalue weighted by Gasteiger charge is 2.06. The van der Waals surface area contributed by atoms with Crippen molar-refractivity contribution in [2.45, 2.75) is 32.8 Å². The lowest BCUT2D eigenvalue weighted by molar-refractivity contribution is 0.224. The van der Waals surface area contributed by atoms with E-state index in [2.05, 4.69) is 19.9 Å². The van der Waals surface area contributed by atoms with E-state index in [0.717, 1.165) is 12.8 Å². The predicted octanol–water partition coefficient (Wildman–Crippen LogP) is 2.28. The standard InChI is InChI=1S/C10H16O/c1-8(2)6-9-4-3-5-10(11)7-9/h3-4,7-8,10-11H,5-6H2,1-2H3. The van der Waals surface area contributed by atoms with Gasteiger partial charge in [0.25, 0.3) is 0 Å². The van der Waals surface area contributed by atoms with Gasteiger partial charge in [0.05, 0.1) is 6.10 Å². The summed E-state index contributed by atoms with van der Waals surface area (Å²) in [7, 11) is 0. The van der Waals surface area contributed by atoms with E-state index < -0.39 is 0 Å². The molecular formula is C10H16O. The average molecular weight is 152 g/mol. The zero-order valence-corrected chi connectivity index (χ0v) is 7.25. The highest BCUT2D eigenvalue weighted by molar-refractivity contribution is 5.24. The molecule has 0 amide bonds. The molecule has 0 saturated carbocycles. The molecule has 1 atom stereocenters. The van der Waals surface area contributed by atoms with E-state index in [1.165, 1.54) is 5.57 Å². The molecule has 11 heavy (non-hydrogen) atoms. The summed E-state index contributed by atoms with van der Waals surface area (Å²) >= 11 is 0. The molecule has 0 bridgehead atoms. The molecule has 0 saturated heterocycles. The molecule has 62 valence electrons. The summed E-state index contributed by atoms with van der Waals surface area (Å²) in [5.74, 6) is 0.677. The van der Waals surface area contributed by atoms with Crippen molar-refractivity contribution < 1.29 is 5.11 Å². The first-order valence-corrected chi connectivity index (χ1v) is 4.24. The van der Waals surface area contributed by atoms with Gasteiger partial charge in [0.15, 0.2) is 0 Å². The van der Waals surface area contributed by atoms with Crippen LogP contribution in [0.15, 0.2) is 23.8 Å². The van der Waals surface area contributed by atoms with Crippen molar-refractivity contribution in [1.29, 1.82) is 0 Å². The lowest BCUT2D eigenvalue weighted by Crippen LogP contribution is -2.05. The third kappa shape index (κ3) is 2.89. The first kappa shape index (κ1) is 8.54. The Labute approximate surface area is 68.4 Å². The number of allylic oxidation sites excluding steroid dienone is 2. The van der Waals surface area contributed by atoms with Crippen LogP contribution in [-0.4, -0.2) is 11.2 Å². The van der Waals surface area contributed by atoms with Crippen LogP contribution < -0.4 is 0 Å². The van der Waals surface area contributed by atoms with Gasteiger partial charge >= 0.3 is 0 Å². The zero-order valence-electron chi connectivity index (χ0n) is 7.25. The lowest BCUT2D eigenvalue weighted by atomic mass is 9.97. The second-order valence-corrected chi connectivity index (χ2v) is 3.54. The summed E-state index contributed by atoms with van der Waals surface area (Å²) in [6, 6.07) is 0. The van der Waals surface area contributed by atoms with E-state index >= 15 is 0 Å². The maximum absolute atomic E-state index is 9.26. The summed E-state index contributed by atoms with van der Waals surface area (Å²) < 4.78 is 0. The van der Waals surface area contributed by atoms with E-state index in [1.54, 1.807) is 0 Å². The average Bonchev–Trinajstić information content (AvgIpc) is 1.85. The van der Waals surface area contributed by atoms with Gasteiger partial charge in [-0.2, -0.15) is 0 Å². The van der Waals surface area contributed by atoms with Gasteiger partial charge in [-0.15, -0.1) is 0 Å². The van der Waals surface area contributed by atoms with Gasteiger partial charge in [-0.1, -0.05) is 32.1 Å². The molecule has 0 spiro atoms. The zero-order chi connectivity index (χ0) is 8.27. The Morgan fingerprint density at radius 1 is 1.64 bits per heavy atom. The van der Waals surface area contributed by atoms with Gasteiger partial charge in [-0.25, -0.2) is 0 Å². The second-order valence-electron chi connectivity index (χ2n) is 3.54. The Morgan fingerprint density at radius 2 is 2.36 bits per heavy atom. The minimum atomic E-state index is -0.242. The van der Waals surface area contributed by atoms with Crippen LogP contribution in [0.4, 0.5) is 0 Å². The fourth-order valence-corrected chi connectivity index (χ4v) is 1.34. The largest absolute Gasteiger partial charge is 0.389 e. The number of rotatable bonds is 2. The number of aliphatic hydroxyl groups is 1. The van der Waals surface area contributed by atoms with Crippen LogP contribution in [0.5, 0.6) is 0 Å². The van der Waals surface area contributed by atoms with E-state index in [-0.39, 0.29) is 6.10 Å². The van der Waals surface area contributed by atoms with Crippen LogP contribution >= 0.6 is 0 Å². The first-order chi connectivity index (χ1) is 5.18.